The predicted molar refractivity (Wildman–Crippen MR) is 83.7 cm³/mol. The molecule has 2 atom stereocenters. The van der Waals surface area contributed by atoms with E-state index >= 15 is 0 Å². The van der Waals surface area contributed by atoms with Gasteiger partial charge in [-0.3, -0.25) is 9.69 Å². The van der Waals surface area contributed by atoms with Crippen LogP contribution in [0.15, 0.2) is 24.3 Å². The second kappa shape index (κ2) is 6.21. The number of allylic oxidation sites excluding steroid dienone is 1. The lowest BCUT2D eigenvalue weighted by Crippen LogP contribution is -2.32. The number of carbonyl (C=O) groups excluding carboxylic acids is 2. The number of benzene rings is 1. The van der Waals surface area contributed by atoms with E-state index in [0.29, 0.717) is 29.2 Å². The second-order valence-corrected chi connectivity index (χ2v) is 6.96. The highest BCUT2D eigenvalue weighted by Gasteiger charge is 2.36. The average molecular weight is 338 g/mol. The summed E-state index contributed by atoms with van der Waals surface area (Å²) in [6.45, 7) is -0.0331. The van der Waals surface area contributed by atoms with Crippen molar-refractivity contribution < 1.29 is 23.3 Å². The molecular weight excluding hydrogens is 323 g/mol. The van der Waals surface area contributed by atoms with E-state index in [1.807, 2.05) is 0 Å². The lowest BCUT2D eigenvalue weighted by molar-refractivity contribution is -0.124. The Morgan fingerprint density at radius 3 is 2.83 bits per heavy atom. The van der Waals surface area contributed by atoms with E-state index in [9.17, 15) is 18.5 Å². The number of halogens is 1. The van der Waals surface area contributed by atoms with Gasteiger partial charge >= 0.3 is 6.09 Å². The van der Waals surface area contributed by atoms with Crippen LogP contribution in [0.2, 0.25) is 0 Å². The Morgan fingerprint density at radius 1 is 1.48 bits per heavy atom. The maximum Gasteiger partial charge on any atom is 0.415 e. The lowest BCUT2D eigenvalue weighted by atomic mass is 10.0. The molecule has 3 rings (SSSR count). The Labute approximate surface area is 135 Å². The quantitative estimate of drug-likeness (QED) is 0.837. The Bertz CT molecular complexity index is 694. The molecule has 1 fully saturated rings. The van der Waals surface area contributed by atoms with Gasteiger partial charge in [0.1, 0.15) is 17.3 Å². The fraction of sp³-hybridized carbons (Fsp3) is 0.333. The number of ether oxygens (including phenoxy) is 1. The molecule has 1 aromatic carbocycles. The first kappa shape index (κ1) is 15.8. The fourth-order valence-electron chi connectivity index (χ4n) is 2.60. The molecule has 0 bridgehead atoms. The third kappa shape index (κ3) is 3.18. The highest BCUT2D eigenvalue weighted by Crippen LogP contribution is 2.30. The van der Waals surface area contributed by atoms with Crippen molar-refractivity contribution in [2.75, 3.05) is 23.0 Å². The Morgan fingerprint density at radius 2 is 2.26 bits per heavy atom. The zero-order valence-electron chi connectivity index (χ0n) is 12.2. The molecule has 23 heavy (non-hydrogen) atoms. The van der Waals surface area contributed by atoms with Crippen LogP contribution in [0.3, 0.4) is 0 Å². The van der Waals surface area contributed by atoms with Crippen LogP contribution < -0.4 is 10.6 Å². The molecule has 0 radical (unpaired) electrons. The third-order valence-corrected chi connectivity index (χ3v) is 5.05. The molecule has 0 aliphatic carbocycles. The molecule has 2 aliphatic rings. The fourth-order valence-corrected chi connectivity index (χ4v) is 3.60. The lowest BCUT2D eigenvalue weighted by Gasteiger charge is -2.19. The number of hydrogen-bond donors (Lipinski definition) is 1. The third-order valence-electron chi connectivity index (χ3n) is 3.85. The first-order valence-electron chi connectivity index (χ1n) is 7.07. The van der Waals surface area contributed by atoms with Crippen molar-refractivity contribution >= 4 is 34.4 Å². The van der Waals surface area contributed by atoms with Gasteiger partial charge in [-0.2, -0.15) is 0 Å². The summed E-state index contributed by atoms with van der Waals surface area (Å²) in [5, 5.41) is 0. The summed E-state index contributed by atoms with van der Waals surface area (Å²) in [5.41, 5.74) is 6.67. The van der Waals surface area contributed by atoms with Gasteiger partial charge < -0.3 is 15.0 Å². The van der Waals surface area contributed by atoms with Gasteiger partial charge in [-0.15, -0.1) is 0 Å². The molecule has 0 aromatic heterocycles. The van der Waals surface area contributed by atoms with Crippen LogP contribution in [0.4, 0.5) is 14.9 Å². The Balaban J connectivity index is 1.83. The minimum Gasteiger partial charge on any atom is -0.616 e. The van der Waals surface area contributed by atoms with Gasteiger partial charge in [0.25, 0.3) is 5.91 Å². The van der Waals surface area contributed by atoms with Gasteiger partial charge in [-0.05, 0) is 41.0 Å². The van der Waals surface area contributed by atoms with Crippen LogP contribution in [0.25, 0.3) is 5.57 Å². The SMILES string of the molecule is NC(=O)[C@H]1CN(c2ccc(C3=CC[S+]([O-])CC3)c(F)c2)C(=O)O1. The standard InChI is InChI=1S/C15H15FN2O4S/c16-12-7-10(18-8-13(14(17)19)22-15(18)20)1-2-11(12)9-3-5-23(21)6-4-9/h1-3,7,13H,4-6,8H2,(H2,17,19)/t13-,23?/m1/s1. The molecule has 1 unspecified atom stereocenters. The van der Waals surface area contributed by atoms with Crippen molar-refractivity contribution in [2.45, 2.75) is 12.5 Å². The summed E-state index contributed by atoms with van der Waals surface area (Å²) in [5.74, 6) is -0.267. The summed E-state index contributed by atoms with van der Waals surface area (Å²) < 4.78 is 30.6. The molecule has 1 saturated heterocycles. The summed E-state index contributed by atoms with van der Waals surface area (Å²) >= 11 is -0.873. The van der Waals surface area contributed by atoms with E-state index in [1.165, 1.54) is 11.0 Å². The molecule has 2 aliphatic heterocycles. The largest absolute Gasteiger partial charge is 0.616 e. The Kier molecular flexibility index (Phi) is 4.27. The van der Waals surface area contributed by atoms with Crippen LogP contribution >= 0.6 is 0 Å². The van der Waals surface area contributed by atoms with Gasteiger partial charge in [0, 0.05) is 12.0 Å². The average Bonchev–Trinajstić information content (AvgIpc) is 2.90. The Hall–Kier alpha value is -2.06. The van der Waals surface area contributed by atoms with Crippen molar-refractivity contribution in [1.82, 2.24) is 0 Å². The van der Waals surface area contributed by atoms with Crippen molar-refractivity contribution in [2.24, 2.45) is 5.73 Å². The monoisotopic (exact) mass is 338 g/mol. The van der Waals surface area contributed by atoms with Crippen LogP contribution in [-0.2, 0) is 20.7 Å². The molecule has 122 valence electrons. The summed E-state index contributed by atoms with van der Waals surface area (Å²) in [6.07, 6.45) is 0.582. The summed E-state index contributed by atoms with van der Waals surface area (Å²) in [4.78, 5) is 24.0. The van der Waals surface area contributed by atoms with Crippen LogP contribution in [0.1, 0.15) is 12.0 Å². The minimum absolute atomic E-state index is 0.0331. The zero-order chi connectivity index (χ0) is 16.6. The number of hydrogen-bond acceptors (Lipinski definition) is 4. The van der Waals surface area contributed by atoms with E-state index in [-0.39, 0.29) is 6.54 Å². The molecule has 6 nitrogen and oxygen atoms in total. The number of cyclic esters (lactones) is 1. The van der Waals surface area contributed by atoms with Crippen LogP contribution in [0, 0.1) is 5.82 Å². The van der Waals surface area contributed by atoms with Gasteiger partial charge in [0.05, 0.1) is 12.2 Å². The molecule has 1 aromatic rings. The van der Waals surface area contributed by atoms with Gasteiger partial charge in [0.15, 0.2) is 6.10 Å². The van der Waals surface area contributed by atoms with Gasteiger partial charge in [-0.25, -0.2) is 9.18 Å². The van der Waals surface area contributed by atoms with Crippen molar-refractivity contribution in [3.63, 3.8) is 0 Å². The van der Waals surface area contributed by atoms with Crippen molar-refractivity contribution in [1.29, 1.82) is 0 Å². The zero-order valence-corrected chi connectivity index (χ0v) is 13.0. The summed E-state index contributed by atoms with van der Waals surface area (Å²) in [6, 6.07) is 4.40. The number of anilines is 1. The number of carbonyl (C=O) groups is 2. The van der Waals surface area contributed by atoms with E-state index in [0.717, 1.165) is 5.57 Å². The maximum atomic E-state index is 14.4. The van der Waals surface area contributed by atoms with Gasteiger partial charge in [-0.1, -0.05) is 0 Å². The number of nitrogens with two attached hydrogens (primary N) is 1. The number of primary amides is 1. The van der Waals surface area contributed by atoms with Gasteiger partial charge in [0.2, 0.25) is 0 Å². The predicted octanol–water partition coefficient (Wildman–Crippen LogP) is 1.17. The van der Waals surface area contributed by atoms with Crippen LogP contribution in [-0.4, -0.2) is 40.7 Å². The number of rotatable bonds is 3. The molecule has 2 N–H and O–H groups in total. The van der Waals surface area contributed by atoms with E-state index < -0.39 is 35.1 Å². The molecular formula is C15H15FN2O4S. The molecule has 2 heterocycles. The second-order valence-electron chi connectivity index (χ2n) is 5.34. The van der Waals surface area contributed by atoms with E-state index in [4.69, 9.17) is 10.5 Å². The highest BCUT2D eigenvalue weighted by molar-refractivity contribution is 7.91. The molecule has 2 amide bonds. The van der Waals surface area contributed by atoms with Crippen molar-refractivity contribution in [3.05, 3.63) is 35.7 Å². The highest BCUT2D eigenvalue weighted by atomic mass is 32.2. The molecule has 0 saturated carbocycles. The minimum atomic E-state index is -1.03. The smallest absolute Gasteiger partial charge is 0.415 e. The van der Waals surface area contributed by atoms with Crippen molar-refractivity contribution in [3.8, 4) is 0 Å². The van der Waals surface area contributed by atoms with Crippen LogP contribution in [0.5, 0.6) is 0 Å². The first-order valence-corrected chi connectivity index (χ1v) is 8.56. The normalized spacial score (nSPS) is 24.3. The summed E-state index contributed by atoms with van der Waals surface area (Å²) in [7, 11) is 0. The first-order chi connectivity index (χ1) is 11.0. The molecule has 8 heteroatoms. The number of amides is 2. The van der Waals surface area contributed by atoms with E-state index in [2.05, 4.69) is 0 Å². The maximum absolute atomic E-state index is 14.4. The van der Waals surface area contributed by atoms with E-state index in [1.54, 1.807) is 18.2 Å². The topological polar surface area (TPSA) is 95.7 Å². The number of nitrogens with zero attached hydrogens (tertiary/aromatic N) is 1. The molecule has 0 spiro atoms.